The first kappa shape index (κ1) is 17.3. The minimum Gasteiger partial charge on any atom is -0.349 e. The number of hydrogen-bond acceptors (Lipinski definition) is 5. The van der Waals surface area contributed by atoms with Gasteiger partial charge in [-0.25, -0.2) is 5.10 Å². The van der Waals surface area contributed by atoms with Crippen molar-refractivity contribution in [1.29, 1.82) is 5.26 Å². The van der Waals surface area contributed by atoms with Gasteiger partial charge in [-0.3, -0.25) is 15.6 Å². The summed E-state index contributed by atoms with van der Waals surface area (Å²) >= 11 is 0. The molecule has 0 spiro atoms. The number of carbonyl (C=O) groups is 1. The van der Waals surface area contributed by atoms with Gasteiger partial charge in [0.2, 0.25) is 5.95 Å². The van der Waals surface area contributed by atoms with Crippen LogP contribution in [-0.4, -0.2) is 25.7 Å². The number of unbranched alkanes of at least 4 members (excludes halogenated alkanes) is 1. The van der Waals surface area contributed by atoms with Crippen LogP contribution in [-0.2, 0) is 11.3 Å². The molecule has 0 fully saturated rings. The van der Waals surface area contributed by atoms with Crippen molar-refractivity contribution in [3.05, 3.63) is 34.9 Å². The second-order valence-corrected chi connectivity index (χ2v) is 5.41. The summed E-state index contributed by atoms with van der Waals surface area (Å²) in [7, 11) is 0. The molecule has 24 heavy (non-hydrogen) atoms. The molecule has 2 aromatic rings. The van der Waals surface area contributed by atoms with E-state index < -0.39 is 5.91 Å². The monoisotopic (exact) mass is 327 g/mol. The standard InChI is InChI=1S/C16H21N7O/c1-4-5-6-23-11(2)7-13(12(23)3)8-14(9-17)15(24)20-22-16-18-10-19-21-16/h7-8,10H,4-6H2,1-3H3,(H,20,24)(H2,18,19,21,22)/b14-8+. The number of aromatic nitrogens is 4. The Hall–Kier alpha value is -3.08. The van der Waals surface area contributed by atoms with Crippen LogP contribution in [0, 0.1) is 25.2 Å². The molecule has 2 aromatic heterocycles. The minimum atomic E-state index is -0.535. The van der Waals surface area contributed by atoms with Gasteiger partial charge in [0.15, 0.2) is 0 Å². The van der Waals surface area contributed by atoms with E-state index in [1.807, 2.05) is 26.0 Å². The van der Waals surface area contributed by atoms with E-state index in [1.165, 1.54) is 6.33 Å². The number of nitriles is 1. The summed E-state index contributed by atoms with van der Waals surface area (Å²) in [4.78, 5) is 15.9. The maximum atomic E-state index is 12.1. The number of hydrogen-bond donors (Lipinski definition) is 3. The fraction of sp³-hybridized carbons (Fsp3) is 0.375. The molecule has 0 aromatic carbocycles. The number of rotatable bonds is 7. The fourth-order valence-electron chi connectivity index (χ4n) is 2.39. The molecule has 2 rings (SSSR count). The molecule has 0 aliphatic heterocycles. The van der Waals surface area contributed by atoms with Gasteiger partial charge in [0.25, 0.3) is 5.91 Å². The molecule has 3 N–H and O–H groups in total. The van der Waals surface area contributed by atoms with E-state index in [0.717, 1.165) is 36.3 Å². The second kappa shape index (κ2) is 7.97. The lowest BCUT2D eigenvalue weighted by Crippen LogP contribution is -2.30. The van der Waals surface area contributed by atoms with Crippen LogP contribution in [0.3, 0.4) is 0 Å². The molecule has 0 saturated heterocycles. The molecular weight excluding hydrogens is 306 g/mol. The quantitative estimate of drug-likeness (QED) is 0.409. The van der Waals surface area contributed by atoms with E-state index in [-0.39, 0.29) is 5.57 Å². The molecule has 0 bridgehead atoms. The number of anilines is 1. The summed E-state index contributed by atoms with van der Waals surface area (Å²) < 4.78 is 2.20. The topological polar surface area (TPSA) is 111 Å². The van der Waals surface area contributed by atoms with Gasteiger partial charge in [-0.05, 0) is 38.0 Å². The molecule has 0 radical (unpaired) electrons. The van der Waals surface area contributed by atoms with Crippen LogP contribution in [0.4, 0.5) is 5.95 Å². The number of hydrazine groups is 1. The smallest absolute Gasteiger partial charge is 0.280 e. The van der Waals surface area contributed by atoms with Crippen LogP contribution in [0.15, 0.2) is 18.0 Å². The number of aryl methyl sites for hydroxylation is 1. The normalized spacial score (nSPS) is 11.2. The van der Waals surface area contributed by atoms with Crippen molar-refractivity contribution in [2.24, 2.45) is 0 Å². The summed E-state index contributed by atoms with van der Waals surface area (Å²) in [5.74, 6) is -0.245. The lowest BCUT2D eigenvalue weighted by Gasteiger charge is -2.08. The Labute approximate surface area is 140 Å². The number of nitrogens with zero attached hydrogens (tertiary/aromatic N) is 4. The van der Waals surface area contributed by atoms with Crippen LogP contribution in [0.25, 0.3) is 6.08 Å². The number of carbonyl (C=O) groups excluding carboxylic acids is 1. The highest BCUT2D eigenvalue weighted by Crippen LogP contribution is 2.19. The Morgan fingerprint density at radius 1 is 1.50 bits per heavy atom. The Bertz CT molecular complexity index is 765. The molecule has 8 heteroatoms. The van der Waals surface area contributed by atoms with Crippen molar-refractivity contribution in [2.45, 2.75) is 40.2 Å². The Balaban J connectivity index is 2.14. The van der Waals surface area contributed by atoms with Crippen molar-refractivity contribution >= 4 is 17.9 Å². The van der Waals surface area contributed by atoms with Crippen LogP contribution >= 0.6 is 0 Å². The second-order valence-electron chi connectivity index (χ2n) is 5.41. The highest BCUT2D eigenvalue weighted by molar-refractivity contribution is 6.02. The van der Waals surface area contributed by atoms with Crippen LogP contribution in [0.5, 0.6) is 0 Å². The van der Waals surface area contributed by atoms with Crippen LogP contribution in [0.2, 0.25) is 0 Å². The molecule has 0 atom stereocenters. The van der Waals surface area contributed by atoms with Gasteiger partial charge in [-0.1, -0.05) is 13.3 Å². The minimum absolute atomic E-state index is 0.0118. The van der Waals surface area contributed by atoms with Gasteiger partial charge in [-0.2, -0.15) is 15.3 Å². The zero-order chi connectivity index (χ0) is 17.5. The van der Waals surface area contributed by atoms with Crippen molar-refractivity contribution in [2.75, 3.05) is 5.43 Å². The zero-order valence-electron chi connectivity index (χ0n) is 14.1. The molecular formula is C16H21N7O. The van der Waals surface area contributed by atoms with E-state index in [0.29, 0.717) is 5.95 Å². The molecule has 126 valence electrons. The van der Waals surface area contributed by atoms with Crippen molar-refractivity contribution in [3.63, 3.8) is 0 Å². The Morgan fingerprint density at radius 2 is 2.29 bits per heavy atom. The zero-order valence-corrected chi connectivity index (χ0v) is 14.1. The van der Waals surface area contributed by atoms with Crippen molar-refractivity contribution in [3.8, 4) is 6.07 Å². The Morgan fingerprint density at radius 3 is 2.92 bits per heavy atom. The van der Waals surface area contributed by atoms with Crippen molar-refractivity contribution < 1.29 is 4.79 Å². The van der Waals surface area contributed by atoms with Gasteiger partial charge in [0.05, 0.1) is 0 Å². The first-order valence-electron chi connectivity index (χ1n) is 7.77. The number of H-pyrrole nitrogens is 1. The highest BCUT2D eigenvalue weighted by atomic mass is 16.2. The Kier molecular flexibility index (Phi) is 5.73. The van der Waals surface area contributed by atoms with E-state index in [9.17, 15) is 10.1 Å². The summed E-state index contributed by atoms with van der Waals surface area (Å²) in [5, 5.41) is 15.5. The summed E-state index contributed by atoms with van der Waals surface area (Å²) in [6.45, 7) is 7.10. The third kappa shape index (κ3) is 4.01. The van der Waals surface area contributed by atoms with Gasteiger partial charge < -0.3 is 4.57 Å². The van der Waals surface area contributed by atoms with Gasteiger partial charge in [0, 0.05) is 17.9 Å². The van der Waals surface area contributed by atoms with E-state index in [4.69, 9.17) is 0 Å². The molecule has 2 heterocycles. The van der Waals surface area contributed by atoms with E-state index in [1.54, 1.807) is 6.08 Å². The highest BCUT2D eigenvalue weighted by Gasteiger charge is 2.13. The first-order chi connectivity index (χ1) is 11.6. The van der Waals surface area contributed by atoms with Crippen LogP contribution in [0.1, 0.15) is 36.7 Å². The predicted octanol–water partition coefficient (Wildman–Crippen LogP) is 2.07. The molecule has 0 aliphatic carbocycles. The molecule has 8 nitrogen and oxygen atoms in total. The number of aromatic amines is 1. The van der Waals surface area contributed by atoms with Gasteiger partial charge >= 0.3 is 0 Å². The third-order valence-electron chi connectivity index (χ3n) is 3.72. The average Bonchev–Trinajstić information content (AvgIpc) is 3.18. The fourth-order valence-corrected chi connectivity index (χ4v) is 2.39. The molecule has 1 amide bonds. The molecule has 0 aliphatic rings. The molecule has 0 saturated carbocycles. The maximum absolute atomic E-state index is 12.1. The maximum Gasteiger partial charge on any atom is 0.280 e. The lowest BCUT2D eigenvalue weighted by molar-refractivity contribution is -0.116. The lowest BCUT2D eigenvalue weighted by atomic mass is 10.1. The van der Waals surface area contributed by atoms with Crippen molar-refractivity contribution in [1.82, 2.24) is 25.2 Å². The average molecular weight is 327 g/mol. The number of amides is 1. The largest absolute Gasteiger partial charge is 0.349 e. The number of nitrogens with one attached hydrogen (secondary N) is 3. The van der Waals surface area contributed by atoms with Gasteiger partial charge in [0.1, 0.15) is 18.0 Å². The van der Waals surface area contributed by atoms with Gasteiger partial charge in [-0.15, -0.1) is 0 Å². The molecule has 0 unspecified atom stereocenters. The van der Waals surface area contributed by atoms with E-state index in [2.05, 4.69) is 37.5 Å². The van der Waals surface area contributed by atoms with E-state index >= 15 is 0 Å². The van der Waals surface area contributed by atoms with Crippen LogP contribution < -0.4 is 10.9 Å². The predicted molar refractivity (Wildman–Crippen MR) is 90.6 cm³/mol. The summed E-state index contributed by atoms with van der Waals surface area (Å²) in [5.41, 5.74) is 8.01. The SMILES string of the molecule is CCCCn1c(C)cc(/C=C(\C#N)C(=O)NNc2ncn[nH]2)c1C. The summed E-state index contributed by atoms with van der Waals surface area (Å²) in [6, 6.07) is 3.92. The summed E-state index contributed by atoms with van der Waals surface area (Å²) in [6.07, 6.45) is 5.11. The third-order valence-corrected chi connectivity index (χ3v) is 3.72. The first-order valence-corrected chi connectivity index (χ1v) is 7.77.